The highest BCUT2D eigenvalue weighted by molar-refractivity contribution is 7.09. The number of carbonyl (C=O) groups excluding carboxylic acids is 2. The lowest BCUT2D eigenvalue weighted by Crippen LogP contribution is -2.46. The molecule has 1 saturated heterocycles. The molecule has 2 heterocycles. The third kappa shape index (κ3) is 6.07. The normalized spacial score (nSPS) is 16.6. The van der Waals surface area contributed by atoms with E-state index < -0.39 is 24.2 Å². The van der Waals surface area contributed by atoms with E-state index in [1.807, 2.05) is 17.5 Å². The number of hydrogen-bond acceptors (Lipinski definition) is 5. The highest BCUT2D eigenvalue weighted by Gasteiger charge is 2.35. The highest BCUT2D eigenvalue weighted by Crippen LogP contribution is 2.26. The van der Waals surface area contributed by atoms with Gasteiger partial charge in [0.2, 0.25) is 11.8 Å². The summed E-state index contributed by atoms with van der Waals surface area (Å²) < 4.78 is 27.1. The minimum absolute atomic E-state index is 0.165. The first kappa shape index (κ1) is 22.8. The molecule has 1 aliphatic rings. The minimum Gasteiger partial charge on any atom is -0.349 e. The molecule has 31 heavy (non-hydrogen) atoms. The molecule has 0 spiro atoms. The van der Waals surface area contributed by atoms with Crippen molar-refractivity contribution in [1.82, 2.24) is 15.2 Å². The summed E-state index contributed by atoms with van der Waals surface area (Å²) in [4.78, 5) is 30.7. The molecule has 1 atom stereocenters. The molecule has 2 aromatic rings. The maximum atomic E-state index is 13.5. The number of nitriles is 1. The molecule has 0 bridgehead atoms. The molecule has 0 unspecified atom stereocenters. The van der Waals surface area contributed by atoms with Gasteiger partial charge in [0.05, 0.1) is 36.2 Å². The van der Waals surface area contributed by atoms with Crippen molar-refractivity contribution in [3.05, 3.63) is 40.2 Å². The van der Waals surface area contributed by atoms with E-state index in [-0.39, 0.29) is 25.4 Å². The summed E-state index contributed by atoms with van der Waals surface area (Å²) in [6, 6.07) is 9.17. The van der Waals surface area contributed by atoms with E-state index in [1.165, 1.54) is 23.2 Å². The molecular formula is C22H24F2N4O2S. The van der Waals surface area contributed by atoms with E-state index in [0.717, 1.165) is 16.3 Å². The van der Waals surface area contributed by atoms with Crippen LogP contribution in [-0.2, 0) is 16.1 Å². The van der Waals surface area contributed by atoms with Gasteiger partial charge in [-0.1, -0.05) is 19.1 Å². The number of nitrogens with one attached hydrogen (secondary N) is 1. The lowest BCUT2D eigenvalue weighted by atomic mass is 9.96. The Bertz CT molecular complexity index is 969. The number of alkyl halides is 2. The second kappa shape index (κ2) is 9.96. The number of rotatable bonds is 7. The van der Waals surface area contributed by atoms with Crippen molar-refractivity contribution in [1.29, 1.82) is 5.26 Å². The number of aromatic nitrogens is 1. The minimum atomic E-state index is -3.01. The fraction of sp³-hybridized carbons (Fsp3) is 0.455. The zero-order chi connectivity index (χ0) is 22.4. The summed E-state index contributed by atoms with van der Waals surface area (Å²) in [7, 11) is 0. The predicted molar refractivity (Wildman–Crippen MR) is 113 cm³/mol. The van der Waals surface area contributed by atoms with Crippen LogP contribution in [0.1, 0.15) is 43.2 Å². The van der Waals surface area contributed by atoms with E-state index >= 15 is 0 Å². The van der Waals surface area contributed by atoms with Gasteiger partial charge in [-0.2, -0.15) is 5.26 Å². The zero-order valence-corrected chi connectivity index (χ0v) is 18.1. The Morgan fingerprint density at radius 3 is 2.77 bits per heavy atom. The van der Waals surface area contributed by atoms with Crippen molar-refractivity contribution in [2.75, 3.05) is 13.1 Å². The van der Waals surface area contributed by atoms with Crippen LogP contribution in [0.25, 0.3) is 11.3 Å². The number of nitrogens with zero attached hydrogens (tertiary/aromatic N) is 3. The van der Waals surface area contributed by atoms with Crippen LogP contribution in [0.4, 0.5) is 8.78 Å². The molecule has 0 radical (unpaired) electrons. The number of likely N-dealkylation sites (tertiary alicyclic amines) is 1. The standard InChI is InChI=1S/C22H24F2N4O2S/c1-2-22(23,24)10-20(29)28-9-3-4-17(13-28)21(30)26-12-19-27-18(14-31-19)16-7-5-15(11-25)6-8-16/h5-8,14,17H,2-4,9-10,12-13H2,1H3,(H,26,30)/t17-/m0/s1. The number of halogens is 2. The SMILES string of the molecule is CCC(F)(F)CC(=O)N1CCC[C@H](C(=O)NCc2nc(-c3ccc(C#N)cc3)cs2)C1. The summed E-state index contributed by atoms with van der Waals surface area (Å²) in [5.74, 6) is -4.22. The Balaban J connectivity index is 1.53. The molecule has 0 aliphatic carbocycles. The van der Waals surface area contributed by atoms with Crippen LogP contribution in [0.3, 0.4) is 0 Å². The molecule has 3 rings (SSSR count). The van der Waals surface area contributed by atoms with Crippen molar-refractivity contribution < 1.29 is 18.4 Å². The monoisotopic (exact) mass is 446 g/mol. The molecule has 1 fully saturated rings. The maximum Gasteiger partial charge on any atom is 0.256 e. The first-order valence-corrected chi connectivity index (χ1v) is 11.1. The van der Waals surface area contributed by atoms with Gasteiger partial charge in [0.1, 0.15) is 5.01 Å². The average Bonchev–Trinajstić information content (AvgIpc) is 3.26. The van der Waals surface area contributed by atoms with Gasteiger partial charge in [-0.25, -0.2) is 13.8 Å². The van der Waals surface area contributed by atoms with Crippen molar-refractivity contribution in [2.24, 2.45) is 5.92 Å². The molecular weight excluding hydrogens is 422 g/mol. The number of benzene rings is 1. The van der Waals surface area contributed by atoms with Crippen LogP contribution < -0.4 is 5.32 Å². The molecule has 164 valence electrons. The Labute approximate surface area is 183 Å². The van der Waals surface area contributed by atoms with E-state index in [0.29, 0.717) is 24.9 Å². The molecule has 1 aliphatic heterocycles. The quantitative estimate of drug-likeness (QED) is 0.697. The van der Waals surface area contributed by atoms with Crippen molar-refractivity contribution in [2.45, 2.75) is 45.1 Å². The summed E-state index contributed by atoms with van der Waals surface area (Å²) in [5, 5.41) is 14.4. The summed E-state index contributed by atoms with van der Waals surface area (Å²) >= 11 is 1.42. The van der Waals surface area contributed by atoms with Gasteiger partial charge in [0.25, 0.3) is 5.92 Å². The van der Waals surface area contributed by atoms with Crippen LogP contribution in [0.15, 0.2) is 29.6 Å². The Hall–Kier alpha value is -2.86. The van der Waals surface area contributed by atoms with Gasteiger partial charge in [-0.05, 0) is 25.0 Å². The van der Waals surface area contributed by atoms with Gasteiger partial charge in [0.15, 0.2) is 0 Å². The first-order chi connectivity index (χ1) is 14.8. The molecule has 1 N–H and O–H groups in total. The molecule has 9 heteroatoms. The Kier molecular flexibility index (Phi) is 7.33. The molecule has 1 aromatic heterocycles. The summed E-state index contributed by atoms with van der Waals surface area (Å²) in [5.41, 5.74) is 2.23. The fourth-order valence-corrected chi connectivity index (χ4v) is 4.17. The molecule has 6 nitrogen and oxygen atoms in total. The second-order valence-electron chi connectivity index (χ2n) is 7.60. The molecule has 0 saturated carbocycles. The van der Waals surface area contributed by atoms with Gasteiger partial charge in [-0.15, -0.1) is 11.3 Å². The predicted octanol–water partition coefficient (Wildman–Crippen LogP) is 3.97. The van der Waals surface area contributed by atoms with Gasteiger partial charge in [-0.3, -0.25) is 9.59 Å². The van der Waals surface area contributed by atoms with Gasteiger partial charge >= 0.3 is 0 Å². The van der Waals surface area contributed by atoms with Crippen molar-refractivity contribution >= 4 is 23.2 Å². The first-order valence-electron chi connectivity index (χ1n) is 10.2. The second-order valence-corrected chi connectivity index (χ2v) is 8.54. The number of carbonyl (C=O) groups is 2. The van der Waals surface area contributed by atoms with Crippen molar-refractivity contribution in [3.63, 3.8) is 0 Å². The van der Waals surface area contributed by atoms with Crippen LogP contribution in [0, 0.1) is 17.2 Å². The summed E-state index contributed by atoms with van der Waals surface area (Å²) in [6.45, 7) is 2.19. The van der Waals surface area contributed by atoms with E-state index in [1.54, 1.807) is 12.1 Å². The van der Waals surface area contributed by atoms with Crippen LogP contribution in [0.5, 0.6) is 0 Å². The van der Waals surface area contributed by atoms with Gasteiger partial charge < -0.3 is 10.2 Å². The molecule has 2 amide bonds. The van der Waals surface area contributed by atoms with Crippen molar-refractivity contribution in [3.8, 4) is 17.3 Å². The topological polar surface area (TPSA) is 86.1 Å². The number of amides is 2. The number of piperidine rings is 1. The maximum absolute atomic E-state index is 13.5. The Morgan fingerprint density at radius 1 is 1.35 bits per heavy atom. The number of thiazole rings is 1. The lowest BCUT2D eigenvalue weighted by Gasteiger charge is -2.32. The van der Waals surface area contributed by atoms with Crippen LogP contribution in [-0.4, -0.2) is 40.7 Å². The van der Waals surface area contributed by atoms with E-state index in [4.69, 9.17) is 5.26 Å². The number of hydrogen-bond donors (Lipinski definition) is 1. The third-order valence-electron chi connectivity index (χ3n) is 5.35. The Morgan fingerprint density at radius 2 is 2.10 bits per heavy atom. The van der Waals surface area contributed by atoms with Crippen LogP contribution >= 0.6 is 11.3 Å². The fourth-order valence-electron chi connectivity index (χ4n) is 3.42. The average molecular weight is 447 g/mol. The third-order valence-corrected chi connectivity index (χ3v) is 6.20. The van der Waals surface area contributed by atoms with Gasteiger partial charge in [0, 0.05) is 30.5 Å². The molecule has 1 aromatic carbocycles. The smallest absolute Gasteiger partial charge is 0.256 e. The zero-order valence-electron chi connectivity index (χ0n) is 17.2. The van der Waals surface area contributed by atoms with Crippen LogP contribution in [0.2, 0.25) is 0 Å². The van der Waals surface area contributed by atoms with E-state index in [2.05, 4.69) is 16.4 Å². The van der Waals surface area contributed by atoms with E-state index in [9.17, 15) is 18.4 Å². The summed E-state index contributed by atoms with van der Waals surface area (Å²) in [6.07, 6.45) is 0.0413. The highest BCUT2D eigenvalue weighted by atomic mass is 32.1. The lowest BCUT2D eigenvalue weighted by molar-refractivity contribution is -0.142. The largest absolute Gasteiger partial charge is 0.349 e.